The van der Waals surface area contributed by atoms with Gasteiger partial charge in [-0.05, 0) is 41.3 Å². The van der Waals surface area contributed by atoms with E-state index in [9.17, 15) is 14.7 Å². The van der Waals surface area contributed by atoms with Gasteiger partial charge in [-0.25, -0.2) is 0 Å². The van der Waals surface area contributed by atoms with E-state index in [1.807, 2.05) is 30.3 Å². The van der Waals surface area contributed by atoms with Crippen LogP contribution in [0, 0.1) is 0 Å². The summed E-state index contributed by atoms with van der Waals surface area (Å²) < 4.78 is 0. The summed E-state index contributed by atoms with van der Waals surface area (Å²) in [4.78, 5) is 28.4. The molecule has 1 N–H and O–H groups in total. The predicted octanol–water partition coefficient (Wildman–Crippen LogP) is 1.17. The Balaban J connectivity index is 0.00000256. The Hall–Kier alpha value is -2.70. The van der Waals surface area contributed by atoms with E-state index in [0.717, 1.165) is 21.9 Å². The minimum absolute atomic E-state index is 0. The third kappa shape index (κ3) is 4.55. The number of carbonyl (C=O) groups excluding carboxylic acids is 2. The molecule has 0 saturated heterocycles. The van der Waals surface area contributed by atoms with Gasteiger partial charge in [0.15, 0.2) is 0 Å². The van der Waals surface area contributed by atoms with Gasteiger partial charge in [-0.3, -0.25) is 9.78 Å². The topological polar surface area (TPSA) is 82.1 Å². The zero-order valence-corrected chi connectivity index (χ0v) is 18.8. The fraction of sp³-hybridized carbons (Fsp3) is 0. The van der Waals surface area contributed by atoms with E-state index in [2.05, 4.69) is 10.3 Å². The van der Waals surface area contributed by atoms with Gasteiger partial charge in [0.05, 0.1) is 11.7 Å². The Kier molecular flexibility index (Phi) is 6.90. The number of benzene rings is 3. The largest absolute Gasteiger partial charge is 1.00 e. The SMILES string of the molecule is O=C(Nc1ccc(Cl)cc1C(=O)[O-])c1cccc(-c2cncc3ccccc23)c1.[Na+]. The average molecular weight is 425 g/mol. The number of carbonyl (C=O) groups is 2. The second-order valence-electron chi connectivity index (χ2n) is 6.42. The summed E-state index contributed by atoms with van der Waals surface area (Å²) in [6.45, 7) is 0. The molecule has 0 aliphatic rings. The van der Waals surface area contributed by atoms with Crippen molar-refractivity contribution >= 4 is 39.9 Å². The van der Waals surface area contributed by atoms with Crippen molar-refractivity contribution in [2.24, 2.45) is 0 Å². The molecule has 0 aliphatic heterocycles. The standard InChI is InChI=1S/C23H15ClN2O3.Na/c24-17-8-9-21(19(11-17)23(28)29)26-22(27)15-6-3-5-14(10-15)20-13-25-12-16-4-1-2-7-18(16)20;/h1-13H,(H,26,27)(H,28,29);/q;+1/p-1. The number of hydrogen-bond acceptors (Lipinski definition) is 4. The summed E-state index contributed by atoms with van der Waals surface area (Å²) in [5, 5.41) is 16.2. The predicted molar refractivity (Wildman–Crippen MR) is 111 cm³/mol. The number of amides is 1. The molecule has 1 aromatic heterocycles. The third-order valence-electron chi connectivity index (χ3n) is 4.55. The number of halogens is 1. The number of nitrogens with one attached hydrogen (secondary N) is 1. The van der Waals surface area contributed by atoms with Crippen molar-refractivity contribution in [1.82, 2.24) is 4.98 Å². The molecule has 0 radical (unpaired) electrons. The molecule has 1 heterocycles. The maximum atomic E-state index is 12.7. The van der Waals surface area contributed by atoms with E-state index < -0.39 is 11.9 Å². The van der Waals surface area contributed by atoms with Gasteiger partial charge in [0.2, 0.25) is 0 Å². The molecule has 0 atom stereocenters. The van der Waals surface area contributed by atoms with Crippen LogP contribution < -0.4 is 40.0 Å². The van der Waals surface area contributed by atoms with Gasteiger partial charge < -0.3 is 15.2 Å². The molecule has 30 heavy (non-hydrogen) atoms. The summed E-state index contributed by atoms with van der Waals surface area (Å²) in [6.07, 6.45) is 3.55. The Bertz CT molecular complexity index is 1250. The molecule has 0 unspecified atom stereocenters. The van der Waals surface area contributed by atoms with Crippen molar-refractivity contribution in [3.63, 3.8) is 0 Å². The van der Waals surface area contributed by atoms with E-state index in [0.29, 0.717) is 5.56 Å². The van der Waals surface area contributed by atoms with Gasteiger partial charge in [0, 0.05) is 39.5 Å². The van der Waals surface area contributed by atoms with E-state index in [4.69, 9.17) is 11.6 Å². The first-order chi connectivity index (χ1) is 14.0. The molecule has 0 bridgehead atoms. The van der Waals surface area contributed by atoms with Crippen LogP contribution >= 0.6 is 11.6 Å². The average Bonchev–Trinajstić information content (AvgIpc) is 2.74. The number of anilines is 1. The van der Waals surface area contributed by atoms with Crippen LogP contribution in [0.3, 0.4) is 0 Å². The first-order valence-electron chi connectivity index (χ1n) is 8.78. The van der Waals surface area contributed by atoms with Crippen LogP contribution in [0.25, 0.3) is 21.9 Å². The van der Waals surface area contributed by atoms with Gasteiger partial charge in [-0.15, -0.1) is 0 Å². The zero-order chi connectivity index (χ0) is 20.4. The minimum Gasteiger partial charge on any atom is -0.545 e. The fourth-order valence-corrected chi connectivity index (χ4v) is 3.34. The summed E-state index contributed by atoms with van der Waals surface area (Å²) in [6, 6.07) is 19.1. The van der Waals surface area contributed by atoms with Crippen LogP contribution in [-0.2, 0) is 0 Å². The Morgan fingerprint density at radius 1 is 0.933 bits per heavy atom. The van der Waals surface area contributed by atoms with E-state index in [1.165, 1.54) is 18.2 Å². The van der Waals surface area contributed by atoms with E-state index in [-0.39, 0.29) is 45.8 Å². The normalized spacial score (nSPS) is 10.3. The minimum atomic E-state index is -1.42. The van der Waals surface area contributed by atoms with Crippen molar-refractivity contribution in [3.05, 3.63) is 95.3 Å². The number of nitrogens with zero attached hydrogens (tertiary/aromatic N) is 1. The molecule has 0 spiro atoms. The summed E-state index contributed by atoms with van der Waals surface area (Å²) >= 11 is 5.84. The number of pyridine rings is 1. The molecule has 5 nitrogen and oxygen atoms in total. The summed E-state index contributed by atoms with van der Waals surface area (Å²) in [5.74, 6) is -1.86. The fourth-order valence-electron chi connectivity index (χ4n) is 3.16. The molecule has 0 aliphatic carbocycles. The molecule has 0 fully saturated rings. The third-order valence-corrected chi connectivity index (χ3v) is 4.79. The second-order valence-corrected chi connectivity index (χ2v) is 6.86. The van der Waals surface area contributed by atoms with Crippen LogP contribution in [0.4, 0.5) is 5.69 Å². The first kappa shape index (κ1) is 22.0. The van der Waals surface area contributed by atoms with Crippen molar-refractivity contribution in [2.75, 3.05) is 5.32 Å². The van der Waals surface area contributed by atoms with Crippen molar-refractivity contribution in [2.45, 2.75) is 0 Å². The molecule has 0 saturated carbocycles. The van der Waals surface area contributed by atoms with E-state index in [1.54, 1.807) is 30.6 Å². The quantitative estimate of drug-likeness (QED) is 0.499. The maximum absolute atomic E-state index is 12.7. The van der Waals surface area contributed by atoms with Crippen molar-refractivity contribution < 1.29 is 44.3 Å². The van der Waals surface area contributed by atoms with Crippen LogP contribution in [-0.4, -0.2) is 16.9 Å². The van der Waals surface area contributed by atoms with Crippen molar-refractivity contribution in [1.29, 1.82) is 0 Å². The smallest absolute Gasteiger partial charge is 0.545 e. The summed E-state index contributed by atoms with van der Waals surface area (Å²) in [5.41, 5.74) is 2.06. The molecular weight excluding hydrogens is 411 g/mol. The Labute approximate surface area is 200 Å². The van der Waals surface area contributed by atoms with Gasteiger partial charge in [-0.2, -0.15) is 0 Å². The van der Waals surface area contributed by atoms with Crippen molar-refractivity contribution in [3.8, 4) is 11.1 Å². The van der Waals surface area contributed by atoms with Crippen LogP contribution in [0.5, 0.6) is 0 Å². The number of aromatic nitrogens is 1. The van der Waals surface area contributed by atoms with Crippen LogP contribution in [0.2, 0.25) is 5.02 Å². The van der Waals surface area contributed by atoms with Crippen LogP contribution in [0.1, 0.15) is 20.7 Å². The first-order valence-corrected chi connectivity index (χ1v) is 9.16. The van der Waals surface area contributed by atoms with Gasteiger partial charge in [-0.1, -0.05) is 48.0 Å². The molecule has 4 rings (SSSR count). The number of rotatable bonds is 4. The van der Waals surface area contributed by atoms with Crippen LogP contribution in [0.15, 0.2) is 79.1 Å². The van der Waals surface area contributed by atoms with Gasteiger partial charge in [0.25, 0.3) is 5.91 Å². The molecule has 142 valence electrons. The van der Waals surface area contributed by atoms with Gasteiger partial charge >= 0.3 is 29.6 Å². The molecule has 4 aromatic rings. The zero-order valence-electron chi connectivity index (χ0n) is 16.1. The number of carboxylic acids is 1. The number of aromatic carboxylic acids is 1. The molecule has 3 aromatic carbocycles. The Morgan fingerprint density at radius 3 is 2.53 bits per heavy atom. The monoisotopic (exact) mass is 424 g/mol. The maximum Gasteiger partial charge on any atom is 1.00 e. The second kappa shape index (κ2) is 9.41. The molecule has 1 amide bonds. The number of fused-ring (bicyclic) bond motifs is 1. The van der Waals surface area contributed by atoms with E-state index >= 15 is 0 Å². The summed E-state index contributed by atoms with van der Waals surface area (Å²) in [7, 11) is 0. The number of carboxylic acid groups (broad SMARTS) is 1. The molecule has 7 heteroatoms. The Morgan fingerprint density at radius 2 is 1.73 bits per heavy atom. The van der Waals surface area contributed by atoms with Gasteiger partial charge in [0.1, 0.15) is 0 Å². The number of hydrogen-bond donors (Lipinski definition) is 1. The molecular formula is C23H14ClN2NaO3.